The Morgan fingerprint density at radius 3 is 1.09 bits per heavy atom. The van der Waals surface area contributed by atoms with Crippen LogP contribution in [0.15, 0.2) is 48.5 Å². The Morgan fingerprint density at radius 1 is 0.591 bits per heavy atom. The summed E-state index contributed by atoms with van der Waals surface area (Å²) in [5.74, 6) is 0. The van der Waals surface area contributed by atoms with Gasteiger partial charge in [0.1, 0.15) is 0 Å². The smallest absolute Gasteiger partial charge is 0.166 e. The molecule has 22 heavy (non-hydrogen) atoms. The van der Waals surface area contributed by atoms with Gasteiger partial charge in [-0.25, -0.2) is 0 Å². The third-order valence-electron chi connectivity index (χ3n) is 2.84. The van der Waals surface area contributed by atoms with Crippen molar-refractivity contribution in [2.45, 2.75) is 12.4 Å². The monoisotopic (exact) mass is 356 g/mol. The molecule has 0 saturated heterocycles. The molecular formula is C14H8ClF6P. The first-order valence-corrected chi connectivity index (χ1v) is 8.14. The van der Waals surface area contributed by atoms with Crippen LogP contribution in [0.2, 0.25) is 0 Å². The summed E-state index contributed by atoms with van der Waals surface area (Å²) in [6.45, 7) is 0. The van der Waals surface area contributed by atoms with Crippen LogP contribution < -0.4 is 10.6 Å². The predicted molar refractivity (Wildman–Crippen MR) is 74.9 cm³/mol. The zero-order valence-corrected chi connectivity index (χ0v) is 12.4. The van der Waals surface area contributed by atoms with E-state index in [-0.39, 0.29) is 0 Å². The third kappa shape index (κ3) is 3.93. The Labute approximate surface area is 128 Å². The van der Waals surface area contributed by atoms with Crippen LogP contribution in [0, 0.1) is 0 Å². The fourth-order valence-electron chi connectivity index (χ4n) is 1.71. The van der Waals surface area contributed by atoms with Crippen LogP contribution in [-0.2, 0) is 12.4 Å². The molecule has 2 aromatic carbocycles. The minimum absolute atomic E-state index is 0.435. The summed E-state index contributed by atoms with van der Waals surface area (Å²) < 4.78 is 74.8. The van der Waals surface area contributed by atoms with E-state index in [2.05, 4.69) is 0 Å². The Balaban J connectivity index is 2.23. The molecule has 0 radical (unpaired) electrons. The average Bonchev–Trinajstić information content (AvgIpc) is 2.45. The van der Waals surface area contributed by atoms with E-state index in [1.165, 1.54) is 24.3 Å². The number of rotatable bonds is 2. The molecule has 0 bridgehead atoms. The lowest BCUT2D eigenvalue weighted by atomic mass is 10.2. The molecule has 118 valence electrons. The van der Waals surface area contributed by atoms with Gasteiger partial charge in [0.05, 0.1) is 18.4 Å². The molecule has 0 aliphatic carbocycles. The SMILES string of the molecule is FC(F)(F)c1ccc(P(Cl)c2ccc(C(F)(F)F)cc2)cc1. The van der Waals surface area contributed by atoms with E-state index in [1.54, 1.807) is 0 Å². The Morgan fingerprint density at radius 2 is 0.864 bits per heavy atom. The van der Waals surface area contributed by atoms with E-state index in [4.69, 9.17) is 11.2 Å². The second-order valence-electron chi connectivity index (χ2n) is 4.37. The number of hydrogen-bond acceptors (Lipinski definition) is 0. The normalized spacial score (nSPS) is 12.7. The van der Waals surface area contributed by atoms with Crippen molar-refractivity contribution < 1.29 is 26.3 Å². The molecule has 0 aliphatic rings. The highest BCUT2D eigenvalue weighted by molar-refractivity contribution is 7.95. The van der Waals surface area contributed by atoms with E-state index >= 15 is 0 Å². The number of hydrogen-bond donors (Lipinski definition) is 0. The van der Waals surface area contributed by atoms with Crippen molar-refractivity contribution in [1.29, 1.82) is 0 Å². The lowest BCUT2D eigenvalue weighted by Gasteiger charge is -2.13. The zero-order valence-electron chi connectivity index (χ0n) is 10.7. The maximum Gasteiger partial charge on any atom is 0.416 e. The summed E-state index contributed by atoms with van der Waals surface area (Å²) in [5.41, 5.74) is -1.60. The van der Waals surface area contributed by atoms with Gasteiger partial charge in [0.15, 0.2) is 0 Å². The molecular weight excluding hydrogens is 349 g/mol. The van der Waals surface area contributed by atoms with Crippen molar-refractivity contribution in [1.82, 2.24) is 0 Å². The summed E-state index contributed by atoms with van der Waals surface area (Å²) >= 11 is 6.17. The van der Waals surface area contributed by atoms with Crippen molar-refractivity contribution in [3.05, 3.63) is 59.7 Å². The molecule has 2 rings (SSSR count). The summed E-state index contributed by atoms with van der Waals surface area (Å²) in [7, 11) is -1.53. The van der Waals surface area contributed by atoms with E-state index in [0.717, 1.165) is 24.3 Å². The van der Waals surface area contributed by atoms with Crippen LogP contribution in [0.4, 0.5) is 26.3 Å². The van der Waals surface area contributed by atoms with Crippen LogP contribution in [0.5, 0.6) is 0 Å². The van der Waals surface area contributed by atoms with Gasteiger partial charge in [0.25, 0.3) is 0 Å². The van der Waals surface area contributed by atoms with E-state index < -0.39 is 30.8 Å². The fourth-order valence-corrected chi connectivity index (χ4v) is 3.51. The molecule has 8 heteroatoms. The van der Waals surface area contributed by atoms with Crippen LogP contribution in [0.3, 0.4) is 0 Å². The summed E-state index contributed by atoms with van der Waals surface area (Å²) in [5, 5.41) is 0.869. The van der Waals surface area contributed by atoms with Crippen molar-refractivity contribution in [3.8, 4) is 0 Å². The molecule has 0 heterocycles. The van der Waals surface area contributed by atoms with Gasteiger partial charge in [-0.3, -0.25) is 0 Å². The average molecular weight is 357 g/mol. The number of halogens is 7. The minimum Gasteiger partial charge on any atom is -0.166 e. The lowest BCUT2D eigenvalue weighted by molar-refractivity contribution is -0.138. The van der Waals surface area contributed by atoms with Gasteiger partial charge in [-0.1, -0.05) is 35.5 Å². The van der Waals surface area contributed by atoms with Gasteiger partial charge in [0, 0.05) is 0 Å². The maximum atomic E-state index is 12.5. The van der Waals surface area contributed by atoms with Gasteiger partial charge in [0.2, 0.25) is 0 Å². The second-order valence-corrected chi connectivity index (χ2v) is 6.98. The number of alkyl halides is 6. The van der Waals surface area contributed by atoms with Gasteiger partial charge < -0.3 is 0 Å². The van der Waals surface area contributed by atoms with Crippen LogP contribution in [0.25, 0.3) is 0 Å². The molecule has 0 atom stereocenters. The quantitative estimate of drug-likeness (QED) is 0.505. The highest BCUT2D eigenvalue weighted by atomic mass is 35.7. The largest absolute Gasteiger partial charge is 0.416 e. The summed E-state index contributed by atoms with van der Waals surface area (Å²) in [6, 6.07) is 8.54. The fraction of sp³-hybridized carbons (Fsp3) is 0.143. The van der Waals surface area contributed by atoms with Gasteiger partial charge in [-0.2, -0.15) is 26.3 Å². The molecule has 2 aromatic rings. The molecule has 0 unspecified atom stereocenters. The van der Waals surface area contributed by atoms with Crippen LogP contribution >= 0.6 is 18.5 Å². The Bertz CT molecular complexity index is 573. The molecule has 0 amide bonds. The van der Waals surface area contributed by atoms with E-state index in [9.17, 15) is 26.3 Å². The summed E-state index contributed by atoms with van der Waals surface area (Å²) in [4.78, 5) is 0. The van der Waals surface area contributed by atoms with Gasteiger partial charge in [-0.05, 0) is 34.9 Å². The zero-order chi connectivity index (χ0) is 16.5. The third-order valence-corrected chi connectivity index (χ3v) is 5.52. The first-order chi connectivity index (χ1) is 10.1. The molecule has 0 saturated carbocycles. The molecule has 0 aromatic heterocycles. The van der Waals surface area contributed by atoms with E-state index in [0.29, 0.717) is 10.6 Å². The lowest BCUT2D eigenvalue weighted by Crippen LogP contribution is -2.12. The highest BCUT2D eigenvalue weighted by Crippen LogP contribution is 2.40. The van der Waals surface area contributed by atoms with Crippen LogP contribution in [0.1, 0.15) is 11.1 Å². The van der Waals surface area contributed by atoms with Crippen molar-refractivity contribution in [3.63, 3.8) is 0 Å². The molecule has 0 aliphatic heterocycles. The minimum atomic E-state index is -4.44. The molecule has 0 fully saturated rings. The number of benzene rings is 2. The van der Waals surface area contributed by atoms with Crippen molar-refractivity contribution >= 4 is 29.1 Å². The Hall–Kier alpha value is -1.26. The van der Waals surface area contributed by atoms with E-state index in [1.807, 2.05) is 0 Å². The summed E-state index contributed by atoms with van der Waals surface area (Å²) in [6.07, 6.45) is -8.89. The van der Waals surface area contributed by atoms with Gasteiger partial charge >= 0.3 is 12.4 Å². The first kappa shape index (κ1) is 17.1. The van der Waals surface area contributed by atoms with Crippen LogP contribution in [-0.4, -0.2) is 0 Å². The first-order valence-electron chi connectivity index (χ1n) is 5.89. The molecule has 0 spiro atoms. The standard InChI is InChI=1S/C14H8ClF6P/c15-22(11-5-1-9(2-6-11)13(16,17)18)12-7-3-10(4-8-12)14(19,20)21/h1-8H. The maximum absolute atomic E-state index is 12.5. The topological polar surface area (TPSA) is 0 Å². The molecule has 0 N–H and O–H groups in total. The second kappa shape index (κ2) is 6.09. The van der Waals surface area contributed by atoms with Crippen molar-refractivity contribution in [2.75, 3.05) is 0 Å². The highest BCUT2D eigenvalue weighted by Gasteiger charge is 2.31. The van der Waals surface area contributed by atoms with Crippen molar-refractivity contribution in [2.24, 2.45) is 0 Å². The van der Waals surface area contributed by atoms with Gasteiger partial charge in [-0.15, -0.1) is 0 Å². The molecule has 0 nitrogen and oxygen atoms in total. The predicted octanol–water partition coefficient (Wildman–Crippen LogP) is 5.31. The Kier molecular flexibility index (Phi) is 4.73.